The summed E-state index contributed by atoms with van der Waals surface area (Å²) in [4.78, 5) is 0. The molecule has 3 heteroatoms. The van der Waals surface area contributed by atoms with Gasteiger partial charge in [0, 0.05) is 18.2 Å². The summed E-state index contributed by atoms with van der Waals surface area (Å²) in [5.74, 6) is 0. The molecular weight excluding hydrogens is 234 g/mol. The summed E-state index contributed by atoms with van der Waals surface area (Å²) >= 11 is 6.08. The molecular formula is C14H20ClNO. The summed E-state index contributed by atoms with van der Waals surface area (Å²) in [6.45, 7) is 2.84. The zero-order valence-corrected chi connectivity index (χ0v) is 10.9. The van der Waals surface area contributed by atoms with Crippen molar-refractivity contribution in [3.63, 3.8) is 0 Å². The third-order valence-corrected chi connectivity index (χ3v) is 3.55. The Kier molecular flexibility index (Phi) is 5.30. The zero-order valence-electron chi connectivity index (χ0n) is 10.1. The third-order valence-electron chi connectivity index (χ3n) is 3.18. The van der Waals surface area contributed by atoms with Gasteiger partial charge in [0.25, 0.3) is 0 Å². The molecule has 0 aromatic heterocycles. The lowest BCUT2D eigenvalue weighted by Gasteiger charge is -2.10. The highest BCUT2D eigenvalue weighted by Crippen LogP contribution is 2.17. The van der Waals surface area contributed by atoms with E-state index < -0.39 is 0 Å². The SMILES string of the molecule is Clc1ccccc1CNCCCC1CCCO1. The molecule has 1 aromatic carbocycles. The van der Waals surface area contributed by atoms with Gasteiger partial charge in [-0.15, -0.1) is 0 Å². The van der Waals surface area contributed by atoms with Crippen molar-refractivity contribution in [1.82, 2.24) is 5.32 Å². The van der Waals surface area contributed by atoms with Gasteiger partial charge < -0.3 is 10.1 Å². The third kappa shape index (κ3) is 4.30. The summed E-state index contributed by atoms with van der Waals surface area (Å²) in [7, 11) is 0. The molecule has 94 valence electrons. The first-order valence-corrected chi connectivity index (χ1v) is 6.80. The van der Waals surface area contributed by atoms with Gasteiger partial charge in [0.15, 0.2) is 0 Å². The molecule has 1 aliphatic rings. The summed E-state index contributed by atoms with van der Waals surface area (Å²) in [6.07, 6.45) is 5.34. The first kappa shape index (κ1) is 12.9. The Bertz CT molecular complexity index is 337. The van der Waals surface area contributed by atoms with Crippen molar-refractivity contribution in [3.05, 3.63) is 34.9 Å². The topological polar surface area (TPSA) is 21.3 Å². The molecule has 2 rings (SSSR count). The van der Waals surface area contributed by atoms with Crippen molar-refractivity contribution in [2.24, 2.45) is 0 Å². The standard InChI is InChI=1S/C14H20ClNO/c15-14-8-2-1-5-12(14)11-16-9-3-6-13-7-4-10-17-13/h1-2,5,8,13,16H,3-4,6-7,9-11H2. The van der Waals surface area contributed by atoms with Gasteiger partial charge in [-0.05, 0) is 43.9 Å². The lowest BCUT2D eigenvalue weighted by atomic mass is 10.1. The van der Waals surface area contributed by atoms with Crippen LogP contribution in [0.5, 0.6) is 0 Å². The molecule has 1 saturated heterocycles. The molecule has 0 amide bonds. The van der Waals surface area contributed by atoms with Crippen molar-refractivity contribution in [3.8, 4) is 0 Å². The van der Waals surface area contributed by atoms with Gasteiger partial charge in [0.2, 0.25) is 0 Å². The minimum absolute atomic E-state index is 0.511. The molecule has 17 heavy (non-hydrogen) atoms. The van der Waals surface area contributed by atoms with Gasteiger partial charge in [0.05, 0.1) is 6.10 Å². The number of ether oxygens (including phenoxy) is 1. The van der Waals surface area contributed by atoms with Gasteiger partial charge >= 0.3 is 0 Å². The van der Waals surface area contributed by atoms with E-state index >= 15 is 0 Å². The van der Waals surface area contributed by atoms with Crippen LogP contribution in [0.15, 0.2) is 24.3 Å². The molecule has 1 unspecified atom stereocenters. The van der Waals surface area contributed by atoms with Gasteiger partial charge in [-0.25, -0.2) is 0 Å². The van der Waals surface area contributed by atoms with Crippen LogP contribution in [-0.2, 0) is 11.3 Å². The molecule has 1 fully saturated rings. The van der Waals surface area contributed by atoms with Crippen LogP contribution in [0.25, 0.3) is 0 Å². The Morgan fingerprint density at radius 3 is 3.00 bits per heavy atom. The van der Waals surface area contributed by atoms with E-state index in [1.165, 1.54) is 31.2 Å². The highest BCUT2D eigenvalue weighted by Gasteiger charge is 2.14. The minimum Gasteiger partial charge on any atom is -0.378 e. The zero-order chi connectivity index (χ0) is 11.9. The number of hydrogen-bond donors (Lipinski definition) is 1. The largest absolute Gasteiger partial charge is 0.378 e. The molecule has 0 aliphatic carbocycles. The maximum atomic E-state index is 6.08. The Hall–Kier alpha value is -0.570. The molecule has 1 heterocycles. The number of hydrogen-bond acceptors (Lipinski definition) is 2. The number of nitrogens with one attached hydrogen (secondary N) is 1. The molecule has 1 N–H and O–H groups in total. The lowest BCUT2D eigenvalue weighted by Crippen LogP contribution is -2.17. The van der Waals surface area contributed by atoms with Crippen molar-refractivity contribution in [1.29, 1.82) is 0 Å². The van der Waals surface area contributed by atoms with Crippen LogP contribution < -0.4 is 5.32 Å². The lowest BCUT2D eigenvalue weighted by molar-refractivity contribution is 0.102. The predicted molar refractivity (Wildman–Crippen MR) is 71.4 cm³/mol. The van der Waals surface area contributed by atoms with Crippen LogP contribution >= 0.6 is 11.6 Å². The minimum atomic E-state index is 0.511. The first-order chi connectivity index (χ1) is 8.36. The van der Waals surface area contributed by atoms with Crippen LogP contribution in [0, 0.1) is 0 Å². The molecule has 0 bridgehead atoms. The van der Waals surface area contributed by atoms with E-state index in [1.54, 1.807) is 0 Å². The van der Waals surface area contributed by atoms with Gasteiger partial charge in [0.1, 0.15) is 0 Å². The van der Waals surface area contributed by atoms with Crippen molar-refractivity contribution < 1.29 is 4.74 Å². The van der Waals surface area contributed by atoms with Crippen molar-refractivity contribution in [2.75, 3.05) is 13.2 Å². The number of rotatable bonds is 6. The fourth-order valence-electron chi connectivity index (χ4n) is 2.19. The van der Waals surface area contributed by atoms with Crippen molar-refractivity contribution in [2.45, 2.75) is 38.3 Å². The Labute approximate surface area is 108 Å². The fraction of sp³-hybridized carbons (Fsp3) is 0.571. The summed E-state index contributed by atoms with van der Waals surface area (Å²) in [5.41, 5.74) is 1.17. The molecule has 1 aliphatic heterocycles. The summed E-state index contributed by atoms with van der Waals surface area (Å²) < 4.78 is 5.59. The van der Waals surface area contributed by atoms with Crippen LogP contribution in [-0.4, -0.2) is 19.3 Å². The van der Waals surface area contributed by atoms with Crippen molar-refractivity contribution >= 4 is 11.6 Å². The smallest absolute Gasteiger partial charge is 0.0576 e. The predicted octanol–water partition coefficient (Wildman–Crippen LogP) is 3.39. The quantitative estimate of drug-likeness (QED) is 0.785. The molecule has 1 aromatic rings. The van der Waals surface area contributed by atoms with E-state index in [1.807, 2.05) is 18.2 Å². The molecule has 0 saturated carbocycles. The average Bonchev–Trinajstić information content (AvgIpc) is 2.84. The van der Waals surface area contributed by atoms with Gasteiger partial charge in [-0.1, -0.05) is 29.8 Å². The summed E-state index contributed by atoms with van der Waals surface area (Å²) in [5, 5.41) is 4.27. The van der Waals surface area contributed by atoms with Gasteiger partial charge in [-0.2, -0.15) is 0 Å². The monoisotopic (exact) mass is 253 g/mol. The number of benzene rings is 1. The van der Waals surface area contributed by atoms with Crippen LogP contribution in [0.4, 0.5) is 0 Å². The van der Waals surface area contributed by atoms with E-state index in [0.717, 1.165) is 24.7 Å². The van der Waals surface area contributed by atoms with E-state index in [4.69, 9.17) is 16.3 Å². The van der Waals surface area contributed by atoms with Crippen LogP contribution in [0.1, 0.15) is 31.2 Å². The second kappa shape index (κ2) is 7.00. The van der Waals surface area contributed by atoms with E-state index in [-0.39, 0.29) is 0 Å². The molecule has 0 spiro atoms. The van der Waals surface area contributed by atoms with Gasteiger partial charge in [-0.3, -0.25) is 0 Å². The highest BCUT2D eigenvalue weighted by atomic mass is 35.5. The Balaban J connectivity index is 1.58. The Morgan fingerprint density at radius 1 is 1.35 bits per heavy atom. The molecule has 0 radical (unpaired) electrons. The number of halogens is 1. The molecule has 1 atom stereocenters. The van der Waals surface area contributed by atoms with Crippen LogP contribution in [0.3, 0.4) is 0 Å². The highest BCUT2D eigenvalue weighted by molar-refractivity contribution is 6.31. The second-order valence-corrected chi connectivity index (χ2v) is 4.95. The Morgan fingerprint density at radius 2 is 2.24 bits per heavy atom. The van der Waals surface area contributed by atoms with Crippen LogP contribution in [0.2, 0.25) is 5.02 Å². The van der Waals surface area contributed by atoms with E-state index in [2.05, 4.69) is 11.4 Å². The fourth-order valence-corrected chi connectivity index (χ4v) is 2.39. The maximum Gasteiger partial charge on any atom is 0.0576 e. The summed E-state index contributed by atoms with van der Waals surface area (Å²) in [6, 6.07) is 7.98. The second-order valence-electron chi connectivity index (χ2n) is 4.55. The maximum absolute atomic E-state index is 6.08. The average molecular weight is 254 g/mol. The van der Waals surface area contributed by atoms with E-state index in [9.17, 15) is 0 Å². The molecule has 2 nitrogen and oxygen atoms in total. The normalized spacial score (nSPS) is 19.7. The first-order valence-electron chi connectivity index (χ1n) is 6.42. The van der Waals surface area contributed by atoms with E-state index in [0.29, 0.717) is 6.10 Å².